The number of esters is 1. The predicted octanol–water partition coefficient (Wildman–Crippen LogP) is 3.16. The fourth-order valence-electron chi connectivity index (χ4n) is 3.67. The molecule has 1 aromatic rings. The molecule has 1 fully saturated rings. The van der Waals surface area contributed by atoms with Gasteiger partial charge >= 0.3 is 5.97 Å². The zero-order valence-electron chi connectivity index (χ0n) is 18.9. The molecule has 0 aromatic heterocycles. The molecule has 1 unspecified atom stereocenters. The van der Waals surface area contributed by atoms with Crippen molar-refractivity contribution >= 4 is 35.9 Å². The monoisotopic (exact) mass is 532 g/mol. The third kappa shape index (κ3) is 7.30. The van der Waals surface area contributed by atoms with Gasteiger partial charge in [0.05, 0.1) is 32.2 Å². The van der Waals surface area contributed by atoms with Crippen molar-refractivity contribution in [2.24, 2.45) is 10.9 Å². The number of ether oxygens (including phenoxy) is 2. The van der Waals surface area contributed by atoms with E-state index in [1.54, 1.807) is 7.11 Å². The molecule has 1 atom stereocenters. The number of rotatable bonds is 8. The highest BCUT2D eigenvalue weighted by Gasteiger charge is 2.27. The minimum absolute atomic E-state index is 0. The third-order valence-corrected chi connectivity index (χ3v) is 5.28. The second-order valence-corrected chi connectivity index (χ2v) is 7.43. The summed E-state index contributed by atoms with van der Waals surface area (Å²) in [6.45, 7) is 7.40. The number of benzene rings is 1. The maximum Gasteiger partial charge on any atom is 0.309 e. The summed E-state index contributed by atoms with van der Waals surface area (Å²) < 4.78 is 10.7. The number of likely N-dealkylation sites (N-methyl/N-ethyl adjacent to an activating group) is 1. The van der Waals surface area contributed by atoms with E-state index in [4.69, 9.17) is 14.5 Å². The van der Waals surface area contributed by atoms with E-state index in [-0.39, 0.29) is 41.9 Å². The Morgan fingerprint density at radius 1 is 1.27 bits per heavy atom. The average molecular weight is 532 g/mol. The van der Waals surface area contributed by atoms with Crippen LogP contribution in [0.2, 0.25) is 0 Å². The van der Waals surface area contributed by atoms with Crippen LogP contribution in [-0.4, -0.2) is 75.7 Å². The number of likely N-dealkylation sites (tertiary alicyclic amines) is 1. The number of methoxy groups -OCH3 is 1. The number of carbonyl (C=O) groups is 1. The Morgan fingerprint density at radius 3 is 2.50 bits per heavy atom. The number of nitrogens with one attached hydrogen (secondary N) is 1. The number of aliphatic imine (C=N–C) groups is 1. The van der Waals surface area contributed by atoms with Crippen molar-refractivity contribution in [2.45, 2.75) is 32.7 Å². The number of hydrogen-bond acceptors (Lipinski definition) is 5. The number of piperidine rings is 1. The first-order valence-corrected chi connectivity index (χ1v) is 10.5. The molecule has 1 aromatic carbocycles. The van der Waals surface area contributed by atoms with Gasteiger partial charge in [-0.15, -0.1) is 24.0 Å². The minimum Gasteiger partial charge on any atom is -0.496 e. The van der Waals surface area contributed by atoms with E-state index in [0.717, 1.165) is 49.7 Å². The summed E-state index contributed by atoms with van der Waals surface area (Å²) in [5.41, 5.74) is 1.13. The van der Waals surface area contributed by atoms with Crippen LogP contribution < -0.4 is 10.1 Å². The highest BCUT2D eigenvalue weighted by Crippen LogP contribution is 2.28. The van der Waals surface area contributed by atoms with E-state index in [1.807, 2.05) is 25.1 Å². The number of nitrogens with zero attached hydrogens (tertiary/aromatic N) is 3. The minimum atomic E-state index is -0.0714. The lowest BCUT2D eigenvalue weighted by molar-refractivity contribution is -0.149. The Morgan fingerprint density at radius 2 is 1.93 bits per heavy atom. The molecular weight excluding hydrogens is 495 g/mol. The molecule has 0 aliphatic carbocycles. The molecule has 170 valence electrons. The summed E-state index contributed by atoms with van der Waals surface area (Å²) >= 11 is 0. The standard InChI is InChI=1S/C22H36N4O3.HI/c1-6-23-22(26-14-12-17(13-15-26)21(27)29-7-2)24-16-19(25(3)4)18-10-8-9-11-20(18)28-5;/h8-11,17,19H,6-7,12-16H2,1-5H3,(H,23,24);1H. The van der Waals surface area contributed by atoms with Gasteiger partial charge in [0.1, 0.15) is 5.75 Å². The largest absolute Gasteiger partial charge is 0.496 e. The lowest BCUT2D eigenvalue weighted by Gasteiger charge is -2.34. The van der Waals surface area contributed by atoms with E-state index in [1.165, 1.54) is 0 Å². The first-order chi connectivity index (χ1) is 14.0. The number of halogens is 1. The van der Waals surface area contributed by atoms with Crippen molar-refractivity contribution < 1.29 is 14.3 Å². The molecule has 1 heterocycles. The van der Waals surface area contributed by atoms with Gasteiger partial charge < -0.3 is 24.6 Å². The second kappa shape index (κ2) is 13.7. The molecule has 7 nitrogen and oxygen atoms in total. The predicted molar refractivity (Wildman–Crippen MR) is 132 cm³/mol. The molecule has 1 saturated heterocycles. The Hall–Kier alpha value is -1.55. The Labute approximate surface area is 198 Å². The molecule has 1 aliphatic heterocycles. The Balaban J connectivity index is 0.00000450. The summed E-state index contributed by atoms with van der Waals surface area (Å²) in [7, 11) is 5.82. The fraction of sp³-hybridized carbons (Fsp3) is 0.636. The third-order valence-electron chi connectivity index (χ3n) is 5.28. The molecular formula is C22H37IN4O3. The van der Waals surface area contributed by atoms with Gasteiger partial charge in [0.2, 0.25) is 0 Å². The smallest absolute Gasteiger partial charge is 0.309 e. The molecule has 0 radical (unpaired) electrons. The maximum absolute atomic E-state index is 12.0. The normalized spacial score (nSPS) is 16.1. The topological polar surface area (TPSA) is 66.4 Å². The van der Waals surface area contributed by atoms with E-state index in [0.29, 0.717) is 13.2 Å². The Bertz CT molecular complexity index is 676. The highest BCUT2D eigenvalue weighted by atomic mass is 127. The number of carbonyl (C=O) groups excluding carboxylic acids is 1. The summed E-state index contributed by atoms with van der Waals surface area (Å²) in [5, 5.41) is 3.41. The lowest BCUT2D eigenvalue weighted by Crippen LogP contribution is -2.47. The Kier molecular flexibility index (Phi) is 12.1. The van der Waals surface area contributed by atoms with Crippen molar-refractivity contribution in [3.05, 3.63) is 29.8 Å². The highest BCUT2D eigenvalue weighted by molar-refractivity contribution is 14.0. The molecule has 1 N–H and O–H groups in total. The van der Waals surface area contributed by atoms with Gasteiger partial charge in [-0.1, -0.05) is 18.2 Å². The van der Waals surface area contributed by atoms with Gasteiger partial charge in [-0.05, 0) is 46.9 Å². The molecule has 8 heteroatoms. The van der Waals surface area contributed by atoms with Crippen LogP contribution in [0.3, 0.4) is 0 Å². The van der Waals surface area contributed by atoms with E-state index in [2.05, 4.69) is 42.2 Å². The van der Waals surface area contributed by atoms with E-state index >= 15 is 0 Å². The number of para-hydroxylation sites is 1. The lowest BCUT2D eigenvalue weighted by atomic mass is 9.97. The van der Waals surface area contributed by atoms with Gasteiger partial charge in [-0.3, -0.25) is 9.79 Å². The van der Waals surface area contributed by atoms with Gasteiger partial charge in [-0.25, -0.2) is 0 Å². The summed E-state index contributed by atoms with van der Waals surface area (Å²) in [5.74, 6) is 1.70. The van der Waals surface area contributed by atoms with Crippen LogP contribution >= 0.6 is 24.0 Å². The first-order valence-electron chi connectivity index (χ1n) is 10.5. The van der Waals surface area contributed by atoms with Gasteiger partial charge in [0.25, 0.3) is 0 Å². The van der Waals surface area contributed by atoms with Crippen molar-refractivity contribution in [1.29, 1.82) is 0 Å². The van der Waals surface area contributed by atoms with Crippen LogP contribution in [0.25, 0.3) is 0 Å². The fourth-order valence-corrected chi connectivity index (χ4v) is 3.67. The van der Waals surface area contributed by atoms with E-state index < -0.39 is 0 Å². The van der Waals surface area contributed by atoms with Crippen LogP contribution in [0.1, 0.15) is 38.3 Å². The SMILES string of the molecule is CCNC(=NCC(c1ccccc1OC)N(C)C)N1CCC(C(=O)OCC)CC1.I. The van der Waals surface area contributed by atoms with Crippen LogP contribution in [0.4, 0.5) is 0 Å². The molecule has 0 saturated carbocycles. The van der Waals surface area contributed by atoms with Gasteiger partial charge in [0, 0.05) is 25.2 Å². The summed E-state index contributed by atoms with van der Waals surface area (Å²) in [6.07, 6.45) is 1.60. The molecule has 1 aliphatic rings. The summed E-state index contributed by atoms with van der Waals surface area (Å²) in [4.78, 5) is 21.3. The van der Waals surface area contributed by atoms with Crippen molar-refractivity contribution in [3.63, 3.8) is 0 Å². The summed E-state index contributed by atoms with van der Waals surface area (Å²) in [6, 6.07) is 8.20. The van der Waals surface area contributed by atoms with Crippen LogP contribution in [0.15, 0.2) is 29.3 Å². The molecule has 0 spiro atoms. The van der Waals surface area contributed by atoms with Crippen LogP contribution in [0, 0.1) is 5.92 Å². The number of guanidine groups is 1. The van der Waals surface area contributed by atoms with Crippen molar-refractivity contribution in [2.75, 3.05) is 54.0 Å². The van der Waals surface area contributed by atoms with Gasteiger partial charge in [0.15, 0.2) is 5.96 Å². The quantitative estimate of drug-likeness (QED) is 0.240. The molecule has 0 bridgehead atoms. The van der Waals surface area contributed by atoms with E-state index in [9.17, 15) is 4.79 Å². The molecule has 2 rings (SSSR count). The second-order valence-electron chi connectivity index (χ2n) is 7.43. The van der Waals surface area contributed by atoms with Crippen molar-refractivity contribution in [3.8, 4) is 5.75 Å². The average Bonchev–Trinajstić information content (AvgIpc) is 2.73. The van der Waals surface area contributed by atoms with Crippen LogP contribution in [-0.2, 0) is 9.53 Å². The zero-order chi connectivity index (χ0) is 21.2. The molecule has 0 amide bonds. The first kappa shape index (κ1) is 26.5. The van der Waals surface area contributed by atoms with Crippen LogP contribution in [0.5, 0.6) is 5.75 Å². The van der Waals surface area contributed by atoms with Gasteiger partial charge in [-0.2, -0.15) is 0 Å². The maximum atomic E-state index is 12.0. The van der Waals surface area contributed by atoms with Crippen molar-refractivity contribution in [1.82, 2.24) is 15.1 Å². The zero-order valence-corrected chi connectivity index (χ0v) is 21.2. The molecule has 30 heavy (non-hydrogen) atoms. The number of hydrogen-bond donors (Lipinski definition) is 1.